The maximum Gasteiger partial charge on any atom is 0.257 e. The molecule has 0 amide bonds. The fraction of sp³-hybridized carbons (Fsp3) is 0.364. The fourth-order valence-electron chi connectivity index (χ4n) is 3.48. The zero-order chi connectivity index (χ0) is 18.5. The van der Waals surface area contributed by atoms with Crippen molar-refractivity contribution in [2.45, 2.75) is 46.2 Å². The Morgan fingerprint density at radius 1 is 1.08 bits per heavy atom. The van der Waals surface area contributed by atoms with Crippen molar-refractivity contribution in [1.29, 1.82) is 0 Å². The second kappa shape index (κ2) is 8.17. The summed E-state index contributed by atoms with van der Waals surface area (Å²) in [5.41, 5.74) is 3.05. The van der Waals surface area contributed by atoms with E-state index in [0.717, 1.165) is 37.1 Å². The molecule has 136 valence electrons. The number of nitrogens with zero attached hydrogens (tertiary/aromatic N) is 2. The number of carbonyl (C=O) groups excluding carboxylic acids is 1. The van der Waals surface area contributed by atoms with E-state index in [9.17, 15) is 4.79 Å². The van der Waals surface area contributed by atoms with E-state index < -0.39 is 0 Å². The predicted octanol–water partition coefficient (Wildman–Crippen LogP) is 4.18. The summed E-state index contributed by atoms with van der Waals surface area (Å²) in [7, 11) is 1.63. The number of hydrogen-bond acceptors (Lipinski definition) is 2. The molecule has 1 aromatic heterocycles. The molecule has 0 aliphatic rings. The number of para-hydroxylation sites is 2. The number of aryl methyl sites for hydroxylation is 1. The van der Waals surface area contributed by atoms with E-state index in [2.05, 4.69) is 41.2 Å². The Morgan fingerprint density at radius 3 is 2.46 bits per heavy atom. The minimum atomic E-state index is 0.116. The molecule has 0 fully saturated rings. The summed E-state index contributed by atoms with van der Waals surface area (Å²) in [6, 6.07) is 15.7. The second-order valence-corrected chi connectivity index (χ2v) is 6.50. The van der Waals surface area contributed by atoms with Crippen molar-refractivity contribution in [2.24, 2.45) is 0 Å². The third kappa shape index (κ3) is 3.50. The van der Waals surface area contributed by atoms with Gasteiger partial charge < -0.3 is 4.74 Å². The second-order valence-electron chi connectivity index (χ2n) is 6.50. The highest BCUT2D eigenvalue weighted by molar-refractivity contribution is 5.95. The van der Waals surface area contributed by atoms with Gasteiger partial charge in [0.25, 0.3) is 5.82 Å². The zero-order valence-electron chi connectivity index (χ0n) is 15.9. The summed E-state index contributed by atoms with van der Waals surface area (Å²) in [5, 5.41) is 0. The number of ether oxygens (including phenoxy) is 1. The summed E-state index contributed by atoms with van der Waals surface area (Å²) in [5.74, 6) is 2.09. The van der Waals surface area contributed by atoms with Crippen molar-refractivity contribution in [3.05, 3.63) is 59.9 Å². The van der Waals surface area contributed by atoms with Gasteiger partial charge in [-0.2, -0.15) is 0 Å². The minimum Gasteiger partial charge on any atom is -0.497 e. The first kappa shape index (κ1) is 18.2. The number of hydrogen-bond donors (Lipinski definition) is 0. The molecule has 0 saturated heterocycles. The Kier molecular flexibility index (Phi) is 5.71. The molecule has 1 heterocycles. The van der Waals surface area contributed by atoms with Gasteiger partial charge in [0, 0.05) is 12.0 Å². The Hall–Kier alpha value is -2.62. The molecule has 0 unspecified atom stereocenters. The quantitative estimate of drug-likeness (QED) is 0.451. The third-order valence-electron chi connectivity index (χ3n) is 4.85. The Labute approximate surface area is 155 Å². The number of methoxy groups -OCH3 is 1. The summed E-state index contributed by atoms with van der Waals surface area (Å²) in [4.78, 5) is 12.9. The van der Waals surface area contributed by atoms with Crippen LogP contribution in [0, 0.1) is 0 Å². The molecule has 3 aromatic rings. The monoisotopic (exact) mass is 351 g/mol. The van der Waals surface area contributed by atoms with Crippen LogP contribution >= 0.6 is 0 Å². The molecule has 4 heteroatoms. The summed E-state index contributed by atoms with van der Waals surface area (Å²) >= 11 is 0. The van der Waals surface area contributed by atoms with Crippen LogP contribution in [0.1, 0.15) is 42.9 Å². The van der Waals surface area contributed by atoms with Crippen LogP contribution in [0.5, 0.6) is 5.75 Å². The van der Waals surface area contributed by atoms with Crippen LogP contribution in [0.4, 0.5) is 0 Å². The number of fused-ring (bicyclic) bond motifs is 1. The number of Topliss-reactive ketones (excluding diaryl/α,β-unsaturated/α-hetero) is 1. The molecule has 2 aromatic carbocycles. The van der Waals surface area contributed by atoms with Crippen LogP contribution in [0.2, 0.25) is 0 Å². The largest absolute Gasteiger partial charge is 0.497 e. The molecule has 0 radical (unpaired) electrons. The van der Waals surface area contributed by atoms with E-state index in [1.807, 2.05) is 30.3 Å². The van der Waals surface area contributed by atoms with Crippen molar-refractivity contribution in [3.63, 3.8) is 0 Å². The number of carbonyl (C=O) groups is 1. The predicted molar refractivity (Wildman–Crippen MR) is 104 cm³/mol. The topological polar surface area (TPSA) is 35.1 Å². The maximum absolute atomic E-state index is 12.9. The molecular weight excluding hydrogens is 324 g/mol. The van der Waals surface area contributed by atoms with Gasteiger partial charge in [-0.25, -0.2) is 9.13 Å². The molecule has 0 bridgehead atoms. The van der Waals surface area contributed by atoms with Gasteiger partial charge in [0.05, 0.1) is 13.7 Å². The van der Waals surface area contributed by atoms with Gasteiger partial charge in [-0.3, -0.25) is 4.79 Å². The first-order valence-electron chi connectivity index (χ1n) is 9.36. The van der Waals surface area contributed by atoms with E-state index in [0.29, 0.717) is 12.1 Å². The van der Waals surface area contributed by atoms with Gasteiger partial charge in [0.15, 0.2) is 17.6 Å². The molecule has 4 nitrogen and oxygen atoms in total. The molecule has 0 N–H and O–H groups in total. The number of benzene rings is 2. The van der Waals surface area contributed by atoms with E-state index in [4.69, 9.17) is 4.74 Å². The van der Waals surface area contributed by atoms with Gasteiger partial charge in [0.2, 0.25) is 5.78 Å². The average Bonchev–Trinajstić information content (AvgIpc) is 2.99. The lowest BCUT2D eigenvalue weighted by atomic mass is 10.1. The van der Waals surface area contributed by atoms with Crippen LogP contribution in [-0.4, -0.2) is 17.5 Å². The summed E-state index contributed by atoms with van der Waals surface area (Å²) in [6.07, 6.45) is 3.19. The standard InChI is InChI=1S/C22H27N2O2/c1-4-6-15-23-19-9-7-8-10-20(19)24(22(23)5-2)16-21(25)17-11-13-18(26-3)14-12-17/h7-14H,4-6,15-16H2,1-3H3/q+1. The number of imidazole rings is 1. The average molecular weight is 351 g/mol. The Balaban J connectivity index is 1.99. The van der Waals surface area contributed by atoms with Gasteiger partial charge in [0.1, 0.15) is 5.75 Å². The van der Waals surface area contributed by atoms with Crippen molar-refractivity contribution in [3.8, 4) is 5.75 Å². The zero-order valence-corrected chi connectivity index (χ0v) is 15.9. The molecule has 0 atom stereocenters. The highest BCUT2D eigenvalue weighted by Crippen LogP contribution is 2.17. The van der Waals surface area contributed by atoms with Gasteiger partial charge in [-0.15, -0.1) is 0 Å². The molecule has 0 aliphatic heterocycles. The number of rotatable bonds is 8. The minimum absolute atomic E-state index is 0.116. The molecule has 0 spiro atoms. The molecule has 0 aliphatic carbocycles. The van der Waals surface area contributed by atoms with Gasteiger partial charge in [-0.05, 0) is 42.8 Å². The van der Waals surface area contributed by atoms with Crippen LogP contribution in [-0.2, 0) is 19.5 Å². The summed E-state index contributed by atoms with van der Waals surface area (Å²) in [6.45, 7) is 5.71. The van der Waals surface area contributed by atoms with E-state index in [-0.39, 0.29) is 5.78 Å². The Morgan fingerprint density at radius 2 is 1.81 bits per heavy atom. The van der Waals surface area contributed by atoms with Crippen LogP contribution in [0.15, 0.2) is 48.5 Å². The van der Waals surface area contributed by atoms with Gasteiger partial charge in [-0.1, -0.05) is 32.4 Å². The molecular formula is C22H27N2O2+. The highest BCUT2D eigenvalue weighted by atomic mass is 16.5. The van der Waals surface area contributed by atoms with Crippen LogP contribution in [0.3, 0.4) is 0 Å². The molecule has 0 saturated carbocycles. The van der Waals surface area contributed by atoms with E-state index >= 15 is 0 Å². The number of ketones is 1. The van der Waals surface area contributed by atoms with Crippen molar-refractivity contribution in [1.82, 2.24) is 4.57 Å². The van der Waals surface area contributed by atoms with Crippen molar-refractivity contribution >= 4 is 16.8 Å². The number of aromatic nitrogens is 2. The first-order valence-corrected chi connectivity index (χ1v) is 9.36. The normalized spacial score (nSPS) is 11.0. The van der Waals surface area contributed by atoms with Crippen LogP contribution in [0.25, 0.3) is 11.0 Å². The maximum atomic E-state index is 12.9. The number of unbranched alkanes of at least 4 members (excludes halogenated alkanes) is 1. The first-order chi connectivity index (χ1) is 12.7. The smallest absolute Gasteiger partial charge is 0.257 e. The van der Waals surface area contributed by atoms with Gasteiger partial charge >= 0.3 is 0 Å². The fourth-order valence-corrected chi connectivity index (χ4v) is 3.48. The lowest BCUT2D eigenvalue weighted by Crippen LogP contribution is -2.41. The lowest BCUT2D eigenvalue weighted by Gasteiger charge is -2.05. The van der Waals surface area contributed by atoms with E-state index in [1.54, 1.807) is 7.11 Å². The van der Waals surface area contributed by atoms with Crippen molar-refractivity contribution in [2.75, 3.05) is 7.11 Å². The molecule has 26 heavy (non-hydrogen) atoms. The van der Waals surface area contributed by atoms with E-state index in [1.165, 1.54) is 11.3 Å². The lowest BCUT2D eigenvalue weighted by molar-refractivity contribution is -0.665. The highest BCUT2D eigenvalue weighted by Gasteiger charge is 2.25. The Bertz CT molecular complexity index is 894. The SMILES string of the molecule is CCCCn1c(CC)[n+](CC(=O)c2ccc(OC)cc2)c2ccccc21. The third-order valence-corrected chi connectivity index (χ3v) is 4.85. The summed E-state index contributed by atoms with van der Waals surface area (Å²) < 4.78 is 9.74. The molecule has 3 rings (SSSR count). The van der Waals surface area contributed by atoms with Crippen LogP contribution < -0.4 is 9.30 Å². The van der Waals surface area contributed by atoms with Crippen molar-refractivity contribution < 1.29 is 14.1 Å².